The molecule has 2 aromatic carbocycles. The van der Waals surface area contributed by atoms with Crippen LogP contribution in [0.15, 0.2) is 36.4 Å². The summed E-state index contributed by atoms with van der Waals surface area (Å²) in [5.41, 5.74) is 10.5. The van der Waals surface area contributed by atoms with Crippen LogP contribution in [-0.4, -0.2) is 17.3 Å². The van der Waals surface area contributed by atoms with Crippen LogP contribution in [0.1, 0.15) is 5.56 Å². The number of nitrogens with one attached hydrogen (secondary N) is 1. The van der Waals surface area contributed by atoms with Gasteiger partial charge in [-0.15, -0.1) is 0 Å². The first-order chi connectivity index (χ1) is 9.19. The van der Waals surface area contributed by atoms with Crippen LogP contribution in [0.5, 0.6) is 5.75 Å². The normalized spacial score (nSPS) is 10.8. The van der Waals surface area contributed by atoms with Crippen molar-refractivity contribution in [2.24, 2.45) is 0 Å². The van der Waals surface area contributed by atoms with Gasteiger partial charge in [0.15, 0.2) is 0 Å². The van der Waals surface area contributed by atoms with Crippen molar-refractivity contribution < 1.29 is 4.74 Å². The highest BCUT2D eigenvalue weighted by Crippen LogP contribution is 2.34. The minimum atomic E-state index is 0.721. The van der Waals surface area contributed by atoms with Gasteiger partial charge in [-0.1, -0.05) is 11.6 Å². The highest BCUT2D eigenvalue weighted by molar-refractivity contribution is 5.95. The molecule has 0 spiro atoms. The van der Waals surface area contributed by atoms with Crippen LogP contribution in [0.25, 0.3) is 22.2 Å². The number of fused-ring (bicyclic) bond motifs is 1. The Balaban J connectivity index is 2.27. The fourth-order valence-electron chi connectivity index (χ4n) is 2.25. The van der Waals surface area contributed by atoms with Crippen LogP contribution in [0.3, 0.4) is 0 Å². The van der Waals surface area contributed by atoms with Crippen LogP contribution in [0.4, 0.5) is 5.69 Å². The molecule has 1 heterocycles. The summed E-state index contributed by atoms with van der Waals surface area (Å²) in [4.78, 5) is 0. The minimum Gasteiger partial charge on any atom is -0.496 e. The van der Waals surface area contributed by atoms with Crippen molar-refractivity contribution >= 4 is 16.6 Å². The van der Waals surface area contributed by atoms with Crippen LogP contribution >= 0.6 is 0 Å². The number of nitrogen functional groups attached to an aromatic ring is 1. The molecule has 4 nitrogen and oxygen atoms in total. The molecule has 19 heavy (non-hydrogen) atoms. The number of H-pyrrole nitrogens is 1. The number of aromatic amines is 1. The SMILES string of the molecule is COc1ccc(C)cc1-c1n[nH]c2cc(N)ccc12. The van der Waals surface area contributed by atoms with E-state index >= 15 is 0 Å². The fraction of sp³-hybridized carbons (Fsp3) is 0.133. The number of aromatic nitrogens is 2. The summed E-state index contributed by atoms with van der Waals surface area (Å²) in [5.74, 6) is 0.816. The number of anilines is 1. The molecule has 0 aliphatic heterocycles. The van der Waals surface area contributed by atoms with Crippen LogP contribution < -0.4 is 10.5 Å². The summed E-state index contributed by atoms with van der Waals surface area (Å²) >= 11 is 0. The molecule has 0 fully saturated rings. The van der Waals surface area contributed by atoms with E-state index in [1.54, 1.807) is 7.11 Å². The Morgan fingerprint density at radius 3 is 2.79 bits per heavy atom. The number of methoxy groups -OCH3 is 1. The Morgan fingerprint density at radius 2 is 2.00 bits per heavy atom. The standard InChI is InChI=1S/C15H15N3O/c1-9-3-6-14(19-2)12(7-9)15-11-5-4-10(16)8-13(11)17-18-15/h3-8H,16H2,1-2H3,(H,17,18). The number of nitrogens with two attached hydrogens (primary N) is 1. The summed E-state index contributed by atoms with van der Waals surface area (Å²) in [6.45, 7) is 2.05. The third kappa shape index (κ3) is 1.91. The molecule has 0 atom stereocenters. The summed E-state index contributed by atoms with van der Waals surface area (Å²) in [6, 6.07) is 11.8. The van der Waals surface area contributed by atoms with Crippen molar-refractivity contribution in [3.8, 4) is 17.0 Å². The first-order valence-corrected chi connectivity index (χ1v) is 6.07. The monoisotopic (exact) mass is 253 g/mol. The zero-order chi connectivity index (χ0) is 13.4. The Labute approximate surface area is 111 Å². The average Bonchev–Trinajstić information content (AvgIpc) is 2.81. The fourth-order valence-corrected chi connectivity index (χ4v) is 2.25. The highest BCUT2D eigenvalue weighted by Gasteiger charge is 2.13. The van der Waals surface area contributed by atoms with E-state index in [0.717, 1.165) is 33.6 Å². The second-order valence-corrected chi connectivity index (χ2v) is 4.58. The quantitative estimate of drug-likeness (QED) is 0.690. The van der Waals surface area contributed by atoms with E-state index in [1.165, 1.54) is 5.56 Å². The zero-order valence-corrected chi connectivity index (χ0v) is 10.9. The van der Waals surface area contributed by atoms with Gasteiger partial charge < -0.3 is 10.5 Å². The second-order valence-electron chi connectivity index (χ2n) is 4.58. The van der Waals surface area contributed by atoms with Crippen LogP contribution in [0, 0.1) is 6.92 Å². The van der Waals surface area contributed by atoms with Gasteiger partial charge in [0.25, 0.3) is 0 Å². The van der Waals surface area contributed by atoms with Gasteiger partial charge in [0.1, 0.15) is 11.4 Å². The lowest BCUT2D eigenvalue weighted by molar-refractivity contribution is 0.416. The van der Waals surface area contributed by atoms with Gasteiger partial charge in [-0.2, -0.15) is 5.10 Å². The van der Waals surface area contributed by atoms with E-state index in [1.807, 2.05) is 30.3 Å². The topological polar surface area (TPSA) is 63.9 Å². The van der Waals surface area contributed by atoms with Gasteiger partial charge in [-0.25, -0.2) is 0 Å². The first-order valence-electron chi connectivity index (χ1n) is 6.07. The predicted molar refractivity (Wildman–Crippen MR) is 77.2 cm³/mol. The van der Waals surface area contributed by atoms with E-state index in [9.17, 15) is 0 Å². The van der Waals surface area contributed by atoms with E-state index in [0.29, 0.717) is 0 Å². The van der Waals surface area contributed by atoms with Crippen LogP contribution in [-0.2, 0) is 0 Å². The van der Waals surface area contributed by atoms with E-state index < -0.39 is 0 Å². The summed E-state index contributed by atoms with van der Waals surface area (Å²) < 4.78 is 5.42. The Morgan fingerprint density at radius 1 is 1.16 bits per heavy atom. The largest absolute Gasteiger partial charge is 0.496 e. The molecule has 1 aromatic heterocycles. The van der Waals surface area contributed by atoms with E-state index in [-0.39, 0.29) is 0 Å². The van der Waals surface area contributed by atoms with Crippen molar-refractivity contribution in [3.05, 3.63) is 42.0 Å². The molecule has 3 rings (SSSR count). The Kier molecular flexibility index (Phi) is 2.63. The summed E-state index contributed by atoms with van der Waals surface area (Å²) in [7, 11) is 1.67. The maximum atomic E-state index is 5.78. The summed E-state index contributed by atoms with van der Waals surface area (Å²) in [6.07, 6.45) is 0. The van der Waals surface area contributed by atoms with Gasteiger partial charge in [-0.05, 0) is 37.3 Å². The lowest BCUT2D eigenvalue weighted by Gasteiger charge is -2.07. The molecule has 0 saturated carbocycles. The molecule has 0 bridgehead atoms. The number of benzene rings is 2. The minimum absolute atomic E-state index is 0.721. The van der Waals surface area contributed by atoms with Gasteiger partial charge in [-0.3, -0.25) is 5.10 Å². The smallest absolute Gasteiger partial charge is 0.128 e. The van der Waals surface area contributed by atoms with Gasteiger partial charge in [0, 0.05) is 16.6 Å². The molecule has 0 unspecified atom stereocenters. The van der Waals surface area contributed by atoms with Crippen LogP contribution in [0.2, 0.25) is 0 Å². The van der Waals surface area contributed by atoms with Gasteiger partial charge in [0.2, 0.25) is 0 Å². The highest BCUT2D eigenvalue weighted by atomic mass is 16.5. The molecule has 0 aliphatic rings. The molecule has 0 radical (unpaired) electrons. The molecule has 4 heteroatoms. The lowest BCUT2D eigenvalue weighted by Crippen LogP contribution is -1.89. The van der Waals surface area contributed by atoms with Crippen molar-refractivity contribution in [2.45, 2.75) is 6.92 Å². The molecule has 0 aliphatic carbocycles. The average molecular weight is 253 g/mol. The predicted octanol–water partition coefficient (Wildman–Crippen LogP) is 3.13. The molecular weight excluding hydrogens is 238 g/mol. The van der Waals surface area contributed by atoms with Gasteiger partial charge in [0.05, 0.1) is 12.6 Å². The lowest BCUT2D eigenvalue weighted by atomic mass is 10.0. The molecular formula is C15H15N3O. The number of nitrogens with zero attached hydrogens (tertiary/aromatic N) is 1. The maximum absolute atomic E-state index is 5.78. The first kappa shape index (κ1) is 11.6. The van der Waals surface area contributed by atoms with Crippen molar-refractivity contribution in [1.82, 2.24) is 10.2 Å². The van der Waals surface area contributed by atoms with Crippen molar-refractivity contribution in [1.29, 1.82) is 0 Å². The maximum Gasteiger partial charge on any atom is 0.128 e. The Hall–Kier alpha value is -2.49. The third-order valence-electron chi connectivity index (χ3n) is 3.20. The van der Waals surface area contributed by atoms with Gasteiger partial charge >= 0.3 is 0 Å². The molecule has 3 N–H and O–H groups in total. The molecule has 3 aromatic rings. The molecule has 0 amide bonds. The molecule has 96 valence electrons. The number of hydrogen-bond donors (Lipinski definition) is 2. The Bertz CT molecular complexity index is 746. The van der Waals surface area contributed by atoms with E-state index in [4.69, 9.17) is 10.5 Å². The number of hydrogen-bond acceptors (Lipinski definition) is 3. The summed E-state index contributed by atoms with van der Waals surface area (Å²) in [5, 5.41) is 8.45. The number of rotatable bonds is 2. The van der Waals surface area contributed by atoms with Crippen molar-refractivity contribution in [2.75, 3.05) is 12.8 Å². The number of aryl methyl sites for hydroxylation is 1. The van der Waals surface area contributed by atoms with E-state index in [2.05, 4.69) is 23.2 Å². The number of ether oxygens (including phenoxy) is 1. The molecule has 0 saturated heterocycles. The van der Waals surface area contributed by atoms with Crippen molar-refractivity contribution in [3.63, 3.8) is 0 Å². The third-order valence-corrected chi connectivity index (χ3v) is 3.20. The zero-order valence-electron chi connectivity index (χ0n) is 10.9. The second kappa shape index (κ2) is 4.31.